The molecule has 9 nitrogen and oxygen atoms in total. The Morgan fingerprint density at radius 1 is 1.07 bits per heavy atom. The van der Waals surface area contributed by atoms with Gasteiger partial charge in [-0.15, -0.1) is 0 Å². The molecule has 0 saturated heterocycles. The lowest BCUT2D eigenvalue weighted by Crippen LogP contribution is -2.37. The Labute approximate surface area is 174 Å². The Bertz CT molecular complexity index is 1040. The predicted molar refractivity (Wildman–Crippen MR) is 111 cm³/mol. The van der Waals surface area contributed by atoms with E-state index >= 15 is 0 Å². The minimum Gasteiger partial charge on any atom is -0.490 e. The molecule has 0 spiro atoms. The van der Waals surface area contributed by atoms with E-state index in [1.54, 1.807) is 18.2 Å². The lowest BCUT2D eigenvalue weighted by Gasteiger charge is -2.22. The van der Waals surface area contributed by atoms with Gasteiger partial charge in [-0.1, -0.05) is 0 Å². The Kier molecular flexibility index (Phi) is 6.46. The topological polar surface area (TPSA) is 111 Å². The van der Waals surface area contributed by atoms with Crippen LogP contribution in [0.5, 0.6) is 11.5 Å². The van der Waals surface area contributed by atoms with Gasteiger partial charge in [0.25, 0.3) is 0 Å². The predicted octanol–water partition coefficient (Wildman–Crippen LogP) is 2.04. The van der Waals surface area contributed by atoms with Gasteiger partial charge in [0.1, 0.15) is 6.54 Å². The molecule has 2 aromatic rings. The van der Waals surface area contributed by atoms with Crippen molar-refractivity contribution < 1.29 is 32.2 Å². The molecule has 0 saturated carbocycles. The molecule has 1 aliphatic rings. The van der Waals surface area contributed by atoms with Gasteiger partial charge in [-0.2, -0.15) is 0 Å². The van der Waals surface area contributed by atoms with E-state index in [-0.39, 0.29) is 11.3 Å². The van der Waals surface area contributed by atoms with Gasteiger partial charge >= 0.3 is 5.97 Å². The maximum atomic E-state index is 12.5. The van der Waals surface area contributed by atoms with E-state index in [1.807, 2.05) is 0 Å². The van der Waals surface area contributed by atoms with Crippen molar-refractivity contribution in [3.05, 3.63) is 48.0 Å². The number of fused-ring (bicyclic) bond motifs is 1. The second-order valence-electron chi connectivity index (χ2n) is 6.57. The molecule has 0 aliphatic carbocycles. The molecule has 2 aromatic carbocycles. The molecular formula is C20H22N2O7S. The average molecular weight is 434 g/mol. The number of carbonyl (C=O) groups is 2. The first-order valence-corrected chi connectivity index (χ1v) is 11.0. The van der Waals surface area contributed by atoms with Crippen LogP contribution >= 0.6 is 0 Å². The third-order valence-corrected chi connectivity index (χ3v) is 5.44. The van der Waals surface area contributed by atoms with E-state index in [4.69, 9.17) is 9.47 Å². The highest BCUT2D eigenvalue weighted by Crippen LogP contribution is 2.32. The SMILES string of the molecule is COC(=O)c1ccc(N(CC(=O)Nc2ccc3c(c2)OCCCO3)S(C)(=O)=O)cc1. The Morgan fingerprint density at radius 3 is 2.37 bits per heavy atom. The summed E-state index contributed by atoms with van der Waals surface area (Å²) in [6, 6.07) is 10.7. The van der Waals surface area contributed by atoms with Crippen molar-refractivity contribution in [3.63, 3.8) is 0 Å². The highest BCUT2D eigenvalue weighted by Gasteiger charge is 2.22. The summed E-state index contributed by atoms with van der Waals surface area (Å²) in [6.45, 7) is 0.621. The standard InChI is InChI=1S/C20H22N2O7S/c1-27-20(24)14-4-7-16(8-5-14)22(30(2,25)26)13-19(23)21-15-6-9-17-18(12-15)29-11-3-10-28-17/h4-9,12H,3,10-11,13H2,1-2H3,(H,21,23). The van der Waals surface area contributed by atoms with Crippen molar-refractivity contribution in [2.75, 3.05) is 42.7 Å². The molecule has 0 unspecified atom stereocenters. The molecule has 1 aliphatic heterocycles. The number of amides is 1. The van der Waals surface area contributed by atoms with E-state index < -0.39 is 28.4 Å². The smallest absolute Gasteiger partial charge is 0.337 e. The van der Waals surface area contributed by atoms with Crippen molar-refractivity contribution in [2.24, 2.45) is 0 Å². The van der Waals surface area contributed by atoms with Crippen LogP contribution in [0.25, 0.3) is 0 Å². The Balaban J connectivity index is 1.75. The fourth-order valence-electron chi connectivity index (χ4n) is 2.85. The van der Waals surface area contributed by atoms with Crippen LogP contribution in [0.1, 0.15) is 16.8 Å². The minimum absolute atomic E-state index is 0.249. The number of nitrogens with zero attached hydrogens (tertiary/aromatic N) is 1. The third kappa shape index (κ3) is 5.20. The average Bonchev–Trinajstić information content (AvgIpc) is 2.96. The molecule has 1 amide bonds. The fourth-order valence-corrected chi connectivity index (χ4v) is 3.71. The molecule has 0 fully saturated rings. The van der Waals surface area contributed by atoms with Crippen molar-refractivity contribution >= 4 is 33.3 Å². The fraction of sp³-hybridized carbons (Fsp3) is 0.300. The van der Waals surface area contributed by atoms with E-state index in [1.165, 1.54) is 31.4 Å². The van der Waals surface area contributed by atoms with E-state index in [9.17, 15) is 18.0 Å². The van der Waals surface area contributed by atoms with Crippen LogP contribution in [0.4, 0.5) is 11.4 Å². The van der Waals surface area contributed by atoms with Gasteiger partial charge in [0, 0.05) is 18.2 Å². The lowest BCUT2D eigenvalue weighted by atomic mass is 10.2. The monoisotopic (exact) mass is 434 g/mol. The summed E-state index contributed by atoms with van der Waals surface area (Å²) in [5.74, 6) is 0.0317. The number of nitrogens with one attached hydrogen (secondary N) is 1. The number of benzene rings is 2. The molecule has 0 radical (unpaired) electrons. The number of anilines is 2. The molecule has 3 rings (SSSR count). The van der Waals surface area contributed by atoms with E-state index in [2.05, 4.69) is 10.1 Å². The Morgan fingerprint density at radius 2 is 1.73 bits per heavy atom. The molecule has 1 N–H and O–H groups in total. The molecule has 0 atom stereocenters. The number of ether oxygens (including phenoxy) is 3. The van der Waals surface area contributed by atoms with Gasteiger partial charge in [-0.25, -0.2) is 13.2 Å². The van der Waals surface area contributed by atoms with Crippen LogP contribution in [0, 0.1) is 0 Å². The lowest BCUT2D eigenvalue weighted by molar-refractivity contribution is -0.114. The van der Waals surface area contributed by atoms with Gasteiger partial charge in [-0.3, -0.25) is 9.10 Å². The molecule has 10 heteroatoms. The second-order valence-corrected chi connectivity index (χ2v) is 8.48. The van der Waals surface area contributed by atoms with Gasteiger partial charge < -0.3 is 19.5 Å². The quantitative estimate of drug-likeness (QED) is 0.693. The number of esters is 1. The Hall–Kier alpha value is -3.27. The maximum absolute atomic E-state index is 12.5. The van der Waals surface area contributed by atoms with E-state index in [0.717, 1.165) is 17.0 Å². The summed E-state index contributed by atoms with van der Waals surface area (Å²) in [5.41, 5.74) is 0.976. The molecule has 0 bridgehead atoms. The summed E-state index contributed by atoms with van der Waals surface area (Å²) >= 11 is 0. The van der Waals surface area contributed by atoms with Crippen molar-refractivity contribution in [2.45, 2.75) is 6.42 Å². The first-order chi connectivity index (χ1) is 14.3. The van der Waals surface area contributed by atoms with Gasteiger partial charge in [0.2, 0.25) is 15.9 Å². The summed E-state index contributed by atoms with van der Waals surface area (Å²) in [4.78, 5) is 24.1. The van der Waals surface area contributed by atoms with Crippen molar-refractivity contribution in [1.82, 2.24) is 0 Å². The first-order valence-electron chi connectivity index (χ1n) is 9.13. The number of rotatable bonds is 6. The molecule has 30 heavy (non-hydrogen) atoms. The van der Waals surface area contributed by atoms with Crippen LogP contribution in [0.3, 0.4) is 0 Å². The second kappa shape index (κ2) is 9.04. The van der Waals surface area contributed by atoms with Crippen LogP contribution in [-0.2, 0) is 19.6 Å². The first kappa shape index (κ1) is 21.4. The molecular weight excluding hydrogens is 412 g/mol. The third-order valence-electron chi connectivity index (χ3n) is 4.30. The van der Waals surface area contributed by atoms with Crippen LogP contribution in [0.15, 0.2) is 42.5 Å². The zero-order valence-corrected chi connectivity index (χ0v) is 17.4. The van der Waals surface area contributed by atoms with E-state index in [0.29, 0.717) is 30.4 Å². The highest BCUT2D eigenvalue weighted by molar-refractivity contribution is 7.92. The number of carbonyl (C=O) groups excluding carboxylic acids is 2. The molecule has 0 aromatic heterocycles. The normalized spacial score (nSPS) is 13.1. The van der Waals surface area contributed by atoms with Gasteiger partial charge in [0.15, 0.2) is 11.5 Å². The zero-order chi connectivity index (χ0) is 21.7. The maximum Gasteiger partial charge on any atom is 0.337 e. The largest absolute Gasteiger partial charge is 0.490 e. The number of sulfonamides is 1. The van der Waals surface area contributed by atoms with Crippen LogP contribution in [0.2, 0.25) is 0 Å². The zero-order valence-electron chi connectivity index (χ0n) is 16.6. The molecule has 1 heterocycles. The highest BCUT2D eigenvalue weighted by atomic mass is 32.2. The number of hydrogen-bond acceptors (Lipinski definition) is 7. The van der Waals surface area contributed by atoms with Gasteiger partial charge in [0.05, 0.1) is 37.8 Å². The summed E-state index contributed by atoms with van der Waals surface area (Å²) < 4.78 is 41.2. The van der Waals surface area contributed by atoms with Gasteiger partial charge in [-0.05, 0) is 36.4 Å². The van der Waals surface area contributed by atoms with Crippen molar-refractivity contribution in [1.29, 1.82) is 0 Å². The van der Waals surface area contributed by atoms with Crippen LogP contribution in [-0.4, -0.2) is 53.4 Å². The summed E-state index contributed by atoms with van der Waals surface area (Å²) in [6.07, 6.45) is 1.76. The summed E-state index contributed by atoms with van der Waals surface area (Å²) in [5, 5.41) is 2.67. The number of methoxy groups -OCH3 is 1. The summed E-state index contributed by atoms with van der Waals surface area (Å²) in [7, 11) is -2.50. The van der Waals surface area contributed by atoms with Crippen molar-refractivity contribution in [3.8, 4) is 11.5 Å². The van der Waals surface area contributed by atoms with Crippen LogP contribution < -0.4 is 19.1 Å². The molecule has 160 valence electrons. The number of hydrogen-bond donors (Lipinski definition) is 1. The minimum atomic E-state index is -3.75.